The van der Waals surface area contributed by atoms with E-state index in [-0.39, 0.29) is 18.3 Å². The topological polar surface area (TPSA) is 59.9 Å². The van der Waals surface area contributed by atoms with Crippen molar-refractivity contribution in [2.75, 3.05) is 6.61 Å². The monoisotopic (exact) mass is 504 g/mol. The number of carbonyl (C=O) groups is 1. The Bertz CT molecular complexity index is 1090. The van der Waals surface area contributed by atoms with Crippen LogP contribution in [0, 0.1) is 5.82 Å². The van der Waals surface area contributed by atoms with Gasteiger partial charge in [0.15, 0.2) is 11.5 Å². The van der Waals surface area contributed by atoms with E-state index in [2.05, 4.69) is 26.5 Å². The van der Waals surface area contributed by atoms with E-state index < -0.39 is 0 Å². The van der Waals surface area contributed by atoms with Crippen molar-refractivity contribution in [3.05, 3.63) is 92.7 Å². The van der Waals surface area contributed by atoms with Crippen molar-refractivity contribution in [2.24, 2.45) is 5.10 Å². The first kappa shape index (κ1) is 22.8. The van der Waals surface area contributed by atoms with Gasteiger partial charge in [-0.15, -0.1) is 0 Å². The summed E-state index contributed by atoms with van der Waals surface area (Å²) in [4.78, 5) is 12.2. The van der Waals surface area contributed by atoms with Crippen LogP contribution >= 0.6 is 27.5 Å². The van der Waals surface area contributed by atoms with Crippen molar-refractivity contribution in [2.45, 2.75) is 13.5 Å². The lowest BCUT2D eigenvalue weighted by atomic mass is 10.2. The van der Waals surface area contributed by atoms with E-state index in [1.807, 2.05) is 13.0 Å². The lowest BCUT2D eigenvalue weighted by Crippen LogP contribution is -2.18. The van der Waals surface area contributed by atoms with Crippen LogP contribution in [0.1, 0.15) is 28.4 Å². The normalized spacial score (nSPS) is 10.8. The molecule has 0 radical (unpaired) electrons. The second-order valence-corrected chi connectivity index (χ2v) is 7.62. The van der Waals surface area contributed by atoms with Crippen LogP contribution in [0.2, 0.25) is 5.02 Å². The summed E-state index contributed by atoms with van der Waals surface area (Å²) in [6.45, 7) is 2.45. The molecule has 0 heterocycles. The quantitative estimate of drug-likeness (QED) is 0.302. The molecule has 0 saturated heterocycles. The maximum absolute atomic E-state index is 13.1. The summed E-state index contributed by atoms with van der Waals surface area (Å²) in [5.41, 5.74) is 4.36. The molecule has 0 aliphatic rings. The zero-order valence-electron chi connectivity index (χ0n) is 16.6. The molecule has 1 amide bonds. The Labute approximate surface area is 193 Å². The minimum atomic E-state index is -0.348. The number of hydrogen-bond acceptors (Lipinski definition) is 4. The molecule has 0 bridgehead atoms. The van der Waals surface area contributed by atoms with Gasteiger partial charge in [0.25, 0.3) is 5.91 Å². The van der Waals surface area contributed by atoms with Gasteiger partial charge in [0.05, 0.1) is 23.4 Å². The van der Waals surface area contributed by atoms with Crippen LogP contribution in [0.3, 0.4) is 0 Å². The predicted molar refractivity (Wildman–Crippen MR) is 123 cm³/mol. The molecule has 1 N–H and O–H groups in total. The number of nitrogens with zero attached hydrogens (tertiary/aromatic N) is 1. The van der Waals surface area contributed by atoms with E-state index in [1.54, 1.807) is 42.5 Å². The number of ether oxygens (including phenoxy) is 2. The first-order chi connectivity index (χ1) is 15.0. The minimum absolute atomic E-state index is 0.204. The molecule has 5 nitrogen and oxygen atoms in total. The summed E-state index contributed by atoms with van der Waals surface area (Å²) in [5, 5.41) is 4.32. The molecular weight excluding hydrogens is 487 g/mol. The molecule has 3 rings (SSSR count). The van der Waals surface area contributed by atoms with E-state index in [0.717, 1.165) is 5.56 Å². The Hall–Kier alpha value is -2.90. The second-order valence-electron chi connectivity index (χ2n) is 6.36. The number of halogens is 3. The zero-order valence-corrected chi connectivity index (χ0v) is 18.9. The van der Waals surface area contributed by atoms with Crippen molar-refractivity contribution in [1.29, 1.82) is 0 Å². The molecular formula is C23H19BrClFN2O3. The number of carbonyl (C=O) groups excluding carboxylic acids is 1. The third kappa shape index (κ3) is 6.29. The fraction of sp³-hybridized carbons (Fsp3) is 0.130. The summed E-state index contributed by atoms with van der Waals surface area (Å²) < 4.78 is 25.2. The molecule has 0 fully saturated rings. The lowest BCUT2D eigenvalue weighted by molar-refractivity contribution is 0.0954. The van der Waals surface area contributed by atoms with Gasteiger partial charge in [-0.05, 0) is 70.4 Å². The zero-order chi connectivity index (χ0) is 22.2. The van der Waals surface area contributed by atoms with E-state index in [9.17, 15) is 9.18 Å². The predicted octanol–water partition coefficient (Wildman–Crippen LogP) is 5.98. The third-order valence-corrected chi connectivity index (χ3v) is 5.10. The molecule has 0 aliphatic heterocycles. The average molecular weight is 506 g/mol. The highest BCUT2D eigenvalue weighted by molar-refractivity contribution is 9.10. The molecule has 31 heavy (non-hydrogen) atoms. The fourth-order valence-electron chi connectivity index (χ4n) is 2.67. The number of hydrogen-bond donors (Lipinski definition) is 1. The Kier molecular flexibility index (Phi) is 8.03. The number of amides is 1. The first-order valence-corrected chi connectivity index (χ1v) is 10.6. The molecule has 8 heteroatoms. The molecule has 0 spiro atoms. The van der Waals surface area contributed by atoms with E-state index in [4.69, 9.17) is 21.1 Å². The van der Waals surface area contributed by atoms with Crippen LogP contribution in [-0.2, 0) is 6.61 Å². The van der Waals surface area contributed by atoms with Gasteiger partial charge in [-0.3, -0.25) is 4.79 Å². The molecule has 3 aromatic carbocycles. The maximum atomic E-state index is 13.1. The second kappa shape index (κ2) is 10.9. The van der Waals surface area contributed by atoms with Gasteiger partial charge in [0, 0.05) is 4.47 Å². The molecule has 0 saturated carbocycles. The van der Waals surface area contributed by atoms with Gasteiger partial charge in [0.1, 0.15) is 12.4 Å². The van der Waals surface area contributed by atoms with E-state index >= 15 is 0 Å². The molecule has 0 atom stereocenters. The van der Waals surface area contributed by atoms with Gasteiger partial charge in [-0.1, -0.05) is 35.9 Å². The number of nitrogens with one attached hydrogen (secondary N) is 1. The summed E-state index contributed by atoms with van der Waals surface area (Å²) in [6.07, 6.45) is 1.47. The van der Waals surface area contributed by atoms with Gasteiger partial charge < -0.3 is 9.47 Å². The lowest BCUT2D eigenvalue weighted by Gasteiger charge is -2.14. The summed E-state index contributed by atoms with van der Waals surface area (Å²) in [6, 6.07) is 16.4. The smallest absolute Gasteiger partial charge is 0.272 e. The van der Waals surface area contributed by atoms with Crippen LogP contribution in [0.15, 0.2) is 70.2 Å². The van der Waals surface area contributed by atoms with Crippen LogP contribution in [0.5, 0.6) is 11.5 Å². The molecule has 0 aromatic heterocycles. The highest BCUT2D eigenvalue weighted by atomic mass is 79.9. The highest BCUT2D eigenvalue weighted by Gasteiger charge is 2.13. The van der Waals surface area contributed by atoms with Gasteiger partial charge in [-0.2, -0.15) is 5.10 Å². The first-order valence-electron chi connectivity index (χ1n) is 9.39. The van der Waals surface area contributed by atoms with Crippen LogP contribution in [-0.4, -0.2) is 18.7 Å². The van der Waals surface area contributed by atoms with Crippen LogP contribution in [0.25, 0.3) is 0 Å². The minimum Gasteiger partial charge on any atom is -0.490 e. The largest absolute Gasteiger partial charge is 0.490 e. The maximum Gasteiger partial charge on any atom is 0.272 e. The Morgan fingerprint density at radius 2 is 1.90 bits per heavy atom. The molecule has 160 valence electrons. The number of hydrazone groups is 1. The van der Waals surface area contributed by atoms with Crippen LogP contribution < -0.4 is 14.9 Å². The highest BCUT2D eigenvalue weighted by Crippen LogP contribution is 2.37. The van der Waals surface area contributed by atoms with Crippen molar-refractivity contribution >= 4 is 39.7 Å². The van der Waals surface area contributed by atoms with E-state index in [0.29, 0.717) is 38.7 Å². The molecule has 3 aromatic rings. The van der Waals surface area contributed by atoms with Gasteiger partial charge in [-0.25, -0.2) is 9.82 Å². The summed E-state index contributed by atoms with van der Waals surface area (Å²) >= 11 is 9.73. The standard InChI is InChI=1S/C23H19BrClFN2O3/c1-2-30-21-12-16(13-27-28-23(29)18-5-3-4-6-19(18)24)11-20(25)22(21)31-14-15-7-9-17(26)10-8-15/h3-13H,2,14H2,1H3,(H,28,29)/b27-13+. The Balaban J connectivity index is 1.73. The van der Waals surface area contributed by atoms with Crippen molar-refractivity contribution in [3.8, 4) is 11.5 Å². The van der Waals surface area contributed by atoms with Crippen LogP contribution in [0.4, 0.5) is 4.39 Å². The summed E-state index contributed by atoms with van der Waals surface area (Å²) in [7, 11) is 0. The SMILES string of the molecule is CCOc1cc(/C=N/NC(=O)c2ccccc2Br)cc(Cl)c1OCc1ccc(F)cc1. The molecule has 0 aliphatic carbocycles. The van der Waals surface area contributed by atoms with Crippen molar-refractivity contribution in [1.82, 2.24) is 5.43 Å². The van der Waals surface area contributed by atoms with Crippen molar-refractivity contribution < 1.29 is 18.7 Å². The van der Waals surface area contributed by atoms with Gasteiger partial charge in [0.2, 0.25) is 0 Å². The summed E-state index contributed by atoms with van der Waals surface area (Å²) in [5.74, 6) is 0.157. The average Bonchev–Trinajstić information content (AvgIpc) is 2.75. The Morgan fingerprint density at radius 3 is 2.61 bits per heavy atom. The van der Waals surface area contributed by atoms with Gasteiger partial charge >= 0.3 is 0 Å². The number of rotatable bonds is 8. The molecule has 0 unspecified atom stereocenters. The number of benzene rings is 3. The van der Waals surface area contributed by atoms with Crippen molar-refractivity contribution in [3.63, 3.8) is 0 Å². The Morgan fingerprint density at radius 1 is 1.16 bits per heavy atom. The third-order valence-electron chi connectivity index (χ3n) is 4.13. The fourth-order valence-corrected chi connectivity index (χ4v) is 3.41. The van der Waals surface area contributed by atoms with E-state index in [1.165, 1.54) is 18.3 Å².